The zero-order chi connectivity index (χ0) is 20.5. The lowest BCUT2D eigenvalue weighted by Crippen LogP contribution is -2.25. The van der Waals surface area contributed by atoms with Crippen molar-refractivity contribution >= 4 is 23.2 Å². The molecule has 0 unspecified atom stereocenters. The zero-order valence-corrected chi connectivity index (χ0v) is 15.7. The summed E-state index contributed by atoms with van der Waals surface area (Å²) in [6.45, 7) is 5.82. The molecule has 3 rings (SSSR count). The summed E-state index contributed by atoms with van der Waals surface area (Å²) in [4.78, 5) is 27.0. The molecule has 2 heterocycles. The van der Waals surface area contributed by atoms with Crippen molar-refractivity contribution in [1.29, 1.82) is 0 Å². The van der Waals surface area contributed by atoms with E-state index in [1.165, 1.54) is 12.1 Å². The lowest BCUT2D eigenvalue weighted by molar-refractivity contribution is -0.384. The molecular formula is C19H20N6O3. The van der Waals surface area contributed by atoms with Crippen molar-refractivity contribution in [2.24, 2.45) is 5.73 Å². The van der Waals surface area contributed by atoms with Gasteiger partial charge in [-0.2, -0.15) is 5.10 Å². The van der Waals surface area contributed by atoms with Gasteiger partial charge in [0.15, 0.2) is 0 Å². The van der Waals surface area contributed by atoms with E-state index in [4.69, 9.17) is 5.73 Å². The van der Waals surface area contributed by atoms with Crippen LogP contribution in [0.3, 0.4) is 0 Å². The van der Waals surface area contributed by atoms with E-state index in [0.29, 0.717) is 22.9 Å². The normalized spacial score (nSPS) is 11.2. The number of hydrogen-bond acceptors (Lipinski definition) is 6. The highest BCUT2D eigenvalue weighted by Gasteiger charge is 2.29. The van der Waals surface area contributed by atoms with Gasteiger partial charge in [-0.15, -0.1) is 0 Å². The predicted octanol–water partition coefficient (Wildman–Crippen LogP) is 3.45. The molecule has 0 bridgehead atoms. The van der Waals surface area contributed by atoms with Gasteiger partial charge in [0, 0.05) is 23.9 Å². The molecule has 0 aliphatic rings. The van der Waals surface area contributed by atoms with E-state index in [2.05, 4.69) is 15.4 Å². The number of amides is 1. The number of anilines is 2. The van der Waals surface area contributed by atoms with Crippen LogP contribution in [0, 0.1) is 10.1 Å². The molecule has 0 saturated carbocycles. The summed E-state index contributed by atoms with van der Waals surface area (Å²) >= 11 is 0. The fourth-order valence-electron chi connectivity index (χ4n) is 2.75. The second-order valence-corrected chi connectivity index (χ2v) is 7.16. The Hall–Kier alpha value is -3.75. The Kier molecular flexibility index (Phi) is 4.83. The number of primary amides is 1. The van der Waals surface area contributed by atoms with Crippen molar-refractivity contribution in [1.82, 2.24) is 14.8 Å². The first-order valence-corrected chi connectivity index (χ1v) is 8.54. The van der Waals surface area contributed by atoms with Crippen LogP contribution >= 0.6 is 0 Å². The Morgan fingerprint density at radius 1 is 1.18 bits per heavy atom. The van der Waals surface area contributed by atoms with Crippen molar-refractivity contribution < 1.29 is 9.72 Å². The van der Waals surface area contributed by atoms with Crippen molar-refractivity contribution in [3.63, 3.8) is 0 Å². The molecule has 9 nitrogen and oxygen atoms in total. The molecule has 0 fully saturated rings. The first-order valence-electron chi connectivity index (χ1n) is 8.54. The van der Waals surface area contributed by atoms with Gasteiger partial charge in [-0.25, -0.2) is 9.67 Å². The van der Waals surface area contributed by atoms with E-state index in [9.17, 15) is 14.9 Å². The number of nitro benzene ring substituents is 1. The van der Waals surface area contributed by atoms with Gasteiger partial charge in [0.25, 0.3) is 11.6 Å². The predicted molar refractivity (Wildman–Crippen MR) is 105 cm³/mol. The number of pyridine rings is 1. The summed E-state index contributed by atoms with van der Waals surface area (Å²) in [5.74, 6) is 0.278. The molecule has 3 aromatic rings. The molecule has 2 aromatic heterocycles. The second-order valence-electron chi connectivity index (χ2n) is 7.16. The van der Waals surface area contributed by atoms with Crippen LogP contribution in [0.4, 0.5) is 17.3 Å². The summed E-state index contributed by atoms with van der Waals surface area (Å²) in [5, 5.41) is 18.6. The SMILES string of the molecule is CC(C)(C)n1nc(-c2ccc([N+](=O)[O-])cc2)c(C(N)=O)c1Nc1ccccn1. The molecule has 3 N–H and O–H groups in total. The number of nitrogens with zero attached hydrogens (tertiary/aromatic N) is 4. The first-order chi connectivity index (χ1) is 13.2. The smallest absolute Gasteiger partial charge is 0.269 e. The van der Waals surface area contributed by atoms with E-state index in [-0.39, 0.29) is 11.3 Å². The van der Waals surface area contributed by atoms with Crippen LogP contribution in [0.25, 0.3) is 11.3 Å². The van der Waals surface area contributed by atoms with Gasteiger partial charge in [0.2, 0.25) is 0 Å². The van der Waals surface area contributed by atoms with E-state index in [1.807, 2.05) is 26.8 Å². The highest BCUT2D eigenvalue weighted by atomic mass is 16.6. The maximum atomic E-state index is 12.3. The number of carbonyl (C=O) groups is 1. The fraction of sp³-hybridized carbons (Fsp3) is 0.211. The van der Waals surface area contributed by atoms with Crippen molar-refractivity contribution in [2.75, 3.05) is 5.32 Å². The number of nitro groups is 1. The maximum absolute atomic E-state index is 12.3. The Labute approximate surface area is 161 Å². The van der Waals surface area contributed by atoms with Crippen LogP contribution in [0.15, 0.2) is 48.7 Å². The molecule has 0 aliphatic heterocycles. The number of carbonyl (C=O) groups excluding carboxylic acids is 1. The average Bonchev–Trinajstić information content (AvgIpc) is 3.02. The lowest BCUT2D eigenvalue weighted by atomic mass is 10.1. The number of nitrogens with two attached hydrogens (primary N) is 1. The van der Waals surface area contributed by atoms with E-state index in [1.54, 1.807) is 35.1 Å². The minimum absolute atomic E-state index is 0.0496. The van der Waals surface area contributed by atoms with Crippen molar-refractivity contribution in [3.8, 4) is 11.3 Å². The van der Waals surface area contributed by atoms with Crippen molar-refractivity contribution in [2.45, 2.75) is 26.3 Å². The Bertz CT molecular complexity index is 1020. The van der Waals surface area contributed by atoms with E-state index < -0.39 is 16.4 Å². The van der Waals surface area contributed by atoms with Gasteiger partial charge in [-0.05, 0) is 45.0 Å². The summed E-state index contributed by atoms with van der Waals surface area (Å²) in [7, 11) is 0. The number of non-ortho nitro benzene ring substituents is 1. The van der Waals surface area contributed by atoms with Gasteiger partial charge >= 0.3 is 0 Å². The molecule has 9 heteroatoms. The monoisotopic (exact) mass is 380 g/mol. The molecule has 1 amide bonds. The summed E-state index contributed by atoms with van der Waals surface area (Å²) in [6.07, 6.45) is 1.63. The Morgan fingerprint density at radius 2 is 1.86 bits per heavy atom. The minimum Gasteiger partial charge on any atom is -0.365 e. The van der Waals surface area contributed by atoms with Crippen LogP contribution in [0.5, 0.6) is 0 Å². The molecule has 0 saturated heterocycles. The van der Waals surface area contributed by atoms with Crippen LogP contribution in [-0.4, -0.2) is 25.6 Å². The molecule has 0 atom stereocenters. The largest absolute Gasteiger partial charge is 0.365 e. The topological polar surface area (TPSA) is 129 Å². The Balaban J connectivity index is 2.20. The molecule has 1 aromatic carbocycles. The molecular weight excluding hydrogens is 360 g/mol. The lowest BCUT2D eigenvalue weighted by Gasteiger charge is -2.23. The van der Waals surface area contributed by atoms with Gasteiger partial charge in [0.05, 0.1) is 10.5 Å². The van der Waals surface area contributed by atoms with Crippen LogP contribution in [-0.2, 0) is 5.54 Å². The quantitative estimate of drug-likeness (QED) is 0.515. The standard InChI is InChI=1S/C19H20N6O3/c1-19(2,3)24-18(22-14-6-4-5-11-21-14)15(17(20)26)16(23-24)12-7-9-13(10-8-12)25(27)28/h4-11H,1-3H3,(H2,20,26)(H,21,22). The van der Waals surface area contributed by atoms with Crippen molar-refractivity contribution in [3.05, 3.63) is 64.3 Å². The zero-order valence-electron chi connectivity index (χ0n) is 15.7. The molecule has 28 heavy (non-hydrogen) atoms. The number of benzene rings is 1. The third kappa shape index (κ3) is 3.68. The van der Waals surface area contributed by atoms with Gasteiger partial charge in [0.1, 0.15) is 22.9 Å². The second kappa shape index (κ2) is 7.10. The third-order valence-corrected chi connectivity index (χ3v) is 4.03. The third-order valence-electron chi connectivity index (χ3n) is 4.03. The molecule has 0 spiro atoms. The Morgan fingerprint density at radius 3 is 2.36 bits per heavy atom. The molecule has 0 aliphatic carbocycles. The highest BCUT2D eigenvalue weighted by Crippen LogP contribution is 2.34. The van der Waals surface area contributed by atoms with Crippen LogP contribution in [0.1, 0.15) is 31.1 Å². The van der Waals surface area contributed by atoms with Crippen LogP contribution in [0.2, 0.25) is 0 Å². The van der Waals surface area contributed by atoms with Crippen LogP contribution < -0.4 is 11.1 Å². The first kappa shape index (κ1) is 19.0. The number of nitrogens with one attached hydrogen (secondary N) is 1. The van der Waals surface area contributed by atoms with Gasteiger partial charge in [-0.3, -0.25) is 14.9 Å². The minimum atomic E-state index is -0.665. The molecule has 0 radical (unpaired) electrons. The number of aromatic nitrogens is 3. The van der Waals surface area contributed by atoms with Gasteiger partial charge < -0.3 is 11.1 Å². The average molecular weight is 380 g/mol. The maximum Gasteiger partial charge on any atom is 0.269 e. The van der Waals surface area contributed by atoms with E-state index in [0.717, 1.165) is 0 Å². The summed E-state index contributed by atoms with van der Waals surface area (Å²) < 4.78 is 1.67. The summed E-state index contributed by atoms with van der Waals surface area (Å²) in [5.41, 5.74) is 6.24. The van der Waals surface area contributed by atoms with Gasteiger partial charge in [-0.1, -0.05) is 6.07 Å². The number of rotatable bonds is 5. The molecule has 144 valence electrons. The van der Waals surface area contributed by atoms with E-state index >= 15 is 0 Å². The fourth-order valence-corrected chi connectivity index (χ4v) is 2.75. The summed E-state index contributed by atoms with van der Waals surface area (Å²) in [6, 6.07) is 11.2. The number of hydrogen-bond donors (Lipinski definition) is 2. The highest BCUT2D eigenvalue weighted by molar-refractivity contribution is 6.04.